The Labute approximate surface area is 65.1 Å². The van der Waals surface area contributed by atoms with Gasteiger partial charge < -0.3 is 10.6 Å². The minimum atomic E-state index is -2.15. The van der Waals surface area contributed by atoms with Crippen LogP contribution in [0.3, 0.4) is 0 Å². The van der Waals surface area contributed by atoms with Crippen molar-refractivity contribution < 1.29 is 8.42 Å². The molecule has 0 bridgehead atoms. The molecule has 0 unspecified atom stereocenters. The molecule has 2 N–H and O–H groups in total. The van der Waals surface area contributed by atoms with Gasteiger partial charge in [0, 0.05) is 13.0 Å². The van der Waals surface area contributed by atoms with Gasteiger partial charge in [-0.15, -0.1) is 0 Å². The van der Waals surface area contributed by atoms with Crippen molar-refractivity contribution in [2.75, 3.05) is 6.54 Å². The van der Waals surface area contributed by atoms with Crippen molar-refractivity contribution in [3.05, 3.63) is 0 Å². The van der Waals surface area contributed by atoms with Crippen LogP contribution in [-0.2, 0) is 10.3 Å². The number of hydrogen-bond acceptors (Lipinski definition) is 3. The van der Waals surface area contributed by atoms with Gasteiger partial charge in [-0.3, -0.25) is 0 Å². The van der Waals surface area contributed by atoms with E-state index >= 15 is 0 Å². The molecule has 10 heavy (non-hydrogen) atoms. The van der Waals surface area contributed by atoms with Crippen molar-refractivity contribution in [2.24, 2.45) is 5.73 Å². The SMILES string of the molecule is NC(=S)N1CCC1=S(=O)=O. The first-order valence-corrected chi connectivity index (χ1v) is 4.13. The maximum atomic E-state index is 10.3. The van der Waals surface area contributed by atoms with E-state index in [0.717, 1.165) is 0 Å². The molecule has 1 fully saturated rings. The second kappa shape index (κ2) is 2.55. The Hall–Kier alpha value is -0.620. The Morgan fingerprint density at radius 1 is 1.70 bits per heavy atom. The minimum absolute atomic E-state index is 0.130. The van der Waals surface area contributed by atoms with Crippen LogP contribution in [0.25, 0.3) is 0 Å². The van der Waals surface area contributed by atoms with E-state index < -0.39 is 10.3 Å². The first-order chi connectivity index (χ1) is 4.63. The molecule has 4 nitrogen and oxygen atoms in total. The zero-order chi connectivity index (χ0) is 7.72. The molecule has 1 heterocycles. The average Bonchev–Trinajstić information content (AvgIpc) is 1.56. The molecule has 56 valence electrons. The fourth-order valence-corrected chi connectivity index (χ4v) is 1.61. The molecule has 0 aliphatic carbocycles. The summed E-state index contributed by atoms with van der Waals surface area (Å²) in [5.74, 6) is 0. The monoisotopic (exact) mass is 178 g/mol. The fraction of sp³-hybridized carbons (Fsp3) is 0.500. The van der Waals surface area contributed by atoms with E-state index in [1.807, 2.05) is 0 Å². The third-order valence-corrected chi connectivity index (χ3v) is 2.34. The number of likely N-dealkylation sites (tertiary alicyclic amines) is 1. The van der Waals surface area contributed by atoms with E-state index in [1.54, 1.807) is 0 Å². The van der Waals surface area contributed by atoms with Crippen LogP contribution in [-0.4, -0.2) is 30.0 Å². The van der Waals surface area contributed by atoms with E-state index in [9.17, 15) is 8.42 Å². The van der Waals surface area contributed by atoms with E-state index in [4.69, 9.17) is 5.73 Å². The largest absolute Gasteiger partial charge is 0.376 e. The van der Waals surface area contributed by atoms with Crippen molar-refractivity contribution in [1.29, 1.82) is 0 Å². The minimum Gasteiger partial charge on any atom is -0.376 e. The summed E-state index contributed by atoms with van der Waals surface area (Å²) >= 11 is 4.57. The van der Waals surface area contributed by atoms with Gasteiger partial charge in [0.1, 0.15) is 4.99 Å². The van der Waals surface area contributed by atoms with Crippen molar-refractivity contribution in [3.63, 3.8) is 0 Å². The summed E-state index contributed by atoms with van der Waals surface area (Å²) < 4.78 is 20.6. The van der Waals surface area contributed by atoms with Crippen LogP contribution in [0.15, 0.2) is 0 Å². The summed E-state index contributed by atoms with van der Waals surface area (Å²) in [6.07, 6.45) is 0.549. The second-order valence-corrected chi connectivity index (χ2v) is 3.23. The highest BCUT2D eigenvalue weighted by atomic mass is 32.2. The Balaban J connectivity index is 2.90. The number of rotatable bonds is 0. The van der Waals surface area contributed by atoms with Crippen molar-refractivity contribution >= 4 is 32.6 Å². The normalized spacial score (nSPS) is 16.4. The summed E-state index contributed by atoms with van der Waals surface area (Å²) in [7, 11) is -2.15. The van der Waals surface area contributed by atoms with Gasteiger partial charge in [0.25, 0.3) is 0 Å². The third kappa shape index (κ3) is 1.12. The van der Waals surface area contributed by atoms with E-state index in [1.165, 1.54) is 4.90 Å². The topological polar surface area (TPSA) is 63.4 Å². The van der Waals surface area contributed by atoms with Gasteiger partial charge in [-0.1, -0.05) is 0 Å². The van der Waals surface area contributed by atoms with Gasteiger partial charge in [0.05, 0.1) is 0 Å². The Morgan fingerprint density at radius 2 is 2.30 bits per heavy atom. The van der Waals surface area contributed by atoms with E-state index in [-0.39, 0.29) is 5.11 Å². The van der Waals surface area contributed by atoms with E-state index in [0.29, 0.717) is 18.0 Å². The van der Waals surface area contributed by atoms with Crippen molar-refractivity contribution in [2.45, 2.75) is 6.42 Å². The van der Waals surface area contributed by atoms with Crippen LogP contribution in [0.2, 0.25) is 0 Å². The lowest BCUT2D eigenvalue weighted by Gasteiger charge is -2.30. The van der Waals surface area contributed by atoms with Gasteiger partial charge in [0.2, 0.25) is 10.3 Å². The molecular weight excluding hydrogens is 172 g/mol. The highest BCUT2D eigenvalue weighted by molar-refractivity contribution is 7.80. The maximum absolute atomic E-state index is 10.3. The molecule has 1 aliphatic rings. The second-order valence-electron chi connectivity index (χ2n) is 1.87. The number of thiocarbonyl (C=S) groups is 1. The fourth-order valence-electron chi connectivity index (χ4n) is 0.721. The Bertz CT molecular complexity index is 284. The first kappa shape index (κ1) is 7.49. The predicted molar refractivity (Wildman–Crippen MR) is 42.0 cm³/mol. The van der Waals surface area contributed by atoms with Gasteiger partial charge in [-0.2, -0.15) is 8.42 Å². The quantitative estimate of drug-likeness (QED) is 0.479. The maximum Gasteiger partial charge on any atom is 0.234 e. The van der Waals surface area contributed by atoms with Crippen molar-refractivity contribution in [3.8, 4) is 0 Å². The standard InChI is InChI=1S/C4H6N2O2S2/c5-4(9)6-2-1-3(6)10(7)8/h1-2H2,(H2,5,9). The van der Waals surface area contributed by atoms with Crippen LogP contribution in [0.1, 0.15) is 6.42 Å². The lowest BCUT2D eigenvalue weighted by molar-refractivity contribution is 0.533. The molecule has 0 radical (unpaired) electrons. The molecule has 1 saturated heterocycles. The van der Waals surface area contributed by atoms with Gasteiger partial charge in [0.15, 0.2) is 5.11 Å². The summed E-state index contributed by atoms with van der Waals surface area (Å²) in [6.45, 7) is 0.624. The molecule has 0 aromatic rings. The molecular formula is C4H6N2O2S2. The summed E-state index contributed by atoms with van der Waals surface area (Å²) in [5, 5.41) is 0.130. The number of nitrogens with two attached hydrogens (primary N) is 1. The summed E-state index contributed by atoms with van der Waals surface area (Å²) in [6, 6.07) is 0. The zero-order valence-electron chi connectivity index (χ0n) is 5.07. The molecule has 6 heteroatoms. The average molecular weight is 178 g/mol. The van der Waals surface area contributed by atoms with Crippen molar-refractivity contribution in [1.82, 2.24) is 4.90 Å². The Kier molecular flexibility index (Phi) is 1.91. The molecule has 0 atom stereocenters. The van der Waals surface area contributed by atoms with Gasteiger partial charge in [-0.25, -0.2) is 0 Å². The smallest absolute Gasteiger partial charge is 0.234 e. The lowest BCUT2D eigenvalue weighted by Crippen LogP contribution is -2.50. The third-order valence-electron chi connectivity index (χ3n) is 1.31. The molecule has 0 aromatic carbocycles. The first-order valence-electron chi connectivity index (χ1n) is 2.65. The van der Waals surface area contributed by atoms with E-state index in [2.05, 4.69) is 12.2 Å². The van der Waals surface area contributed by atoms with Crippen LogP contribution < -0.4 is 5.73 Å². The van der Waals surface area contributed by atoms with Gasteiger partial charge >= 0.3 is 0 Å². The molecule has 0 amide bonds. The van der Waals surface area contributed by atoms with Crippen LogP contribution in [0.5, 0.6) is 0 Å². The molecule has 1 aliphatic heterocycles. The highest BCUT2D eigenvalue weighted by Gasteiger charge is 2.24. The van der Waals surface area contributed by atoms with Crippen LogP contribution in [0.4, 0.5) is 0 Å². The summed E-state index contributed by atoms with van der Waals surface area (Å²) in [5.41, 5.74) is 5.19. The number of nitrogens with zero attached hydrogens (tertiary/aromatic N) is 1. The zero-order valence-corrected chi connectivity index (χ0v) is 6.70. The lowest BCUT2D eigenvalue weighted by atomic mass is 10.2. The molecule has 1 rings (SSSR count). The predicted octanol–water partition coefficient (Wildman–Crippen LogP) is -1.06. The Morgan fingerprint density at radius 3 is 2.40 bits per heavy atom. The molecule has 0 aromatic heterocycles. The number of hydrogen-bond donors (Lipinski definition) is 1. The van der Waals surface area contributed by atoms with Crippen LogP contribution >= 0.6 is 12.2 Å². The van der Waals surface area contributed by atoms with Crippen LogP contribution in [0, 0.1) is 0 Å². The molecule has 0 saturated carbocycles. The van der Waals surface area contributed by atoms with Gasteiger partial charge in [-0.05, 0) is 12.2 Å². The molecule has 0 spiro atoms. The summed E-state index contributed by atoms with van der Waals surface area (Å²) in [4.78, 5) is 1.70. The highest BCUT2D eigenvalue weighted by Crippen LogP contribution is 2.07.